The van der Waals surface area contributed by atoms with E-state index in [1.54, 1.807) is 6.07 Å². The zero-order valence-corrected chi connectivity index (χ0v) is 9.77. The topological polar surface area (TPSA) is 17.1 Å². The molecule has 1 aromatic rings. The van der Waals surface area contributed by atoms with Gasteiger partial charge in [-0.2, -0.15) is 0 Å². The smallest absolute Gasteiger partial charge is 0.252 e. The molecular formula is C12H15ClO. The third kappa shape index (κ3) is 2.36. The van der Waals surface area contributed by atoms with Crippen molar-refractivity contribution in [1.82, 2.24) is 0 Å². The van der Waals surface area contributed by atoms with Gasteiger partial charge in [0.2, 0.25) is 0 Å². The molecule has 0 aliphatic carbocycles. The highest BCUT2D eigenvalue weighted by atomic mass is 35.5. The molecule has 14 heavy (non-hydrogen) atoms. The SMILES string of the molecule is Cc1cc(C(C)(C)C)ccc1C(=O)Cl. The van der Waals surface area contributed by atoms with Crippen molar-refractivity contribution in [2.75, 3.05) is 0 Å². The van der Waals surface area contributed by atoms with Gasteiger partial charge in [-0.05, 0) is 41.1 Å². The summed E-state index contributed by atoms with van der Waals surface area (Å²) in [5, 5.41) is -0.386. The van der Waals surface area contributed by atoms with E-state index in [1.165, 1.54) is 5.56 Å². The van der Waals surface area contributed by atoms with Crippen molar-refractivity contribution in [3.8, 4) is 0 Å². The van der Waals surface area contributed by atoms with E-state index in [0.29, 0.717) is 5.56 Å². The van der Waals surface area contributed by atoms with Gasteiger partial charge in [-0.25, -0.2) is 0 Å². The lowest BCUT2D eigenvalue weighted by atomic mass is 9.85. The molecule has 0 atom stereocenters. The zero-order valence-electron chi connectivity index (χ0n) is 9.02. The molecule has 0 N–H and O–H groups in total. The number of rotatable bonds is 1. The van der Waals surface area contributed by atoms with Crippen molar-refractivity contribution in [3.63, 3.8) is 0 Å². The molecule has 1 aromatic carbocycles. The summed E-state index contributed by atoms with van der Waals surface area (Å²) in [6.07, 6.45) is 0. The lowest BCUT2D eigenvalue weighted by molar-refractivity contribution is 0.108. The molecule has 0 unspecified atom stereocenters. The maximum absolute atomic E-state index is 11.0. The molecule has 1 nitrogen and oxygen atoms in total. The highest BCUT2D eigenvalue weighted by molar-refractivity contribution is 6.67. The molecule has 0 radical (unpaired) electrons. The first-order valence-corrected chi connectivity index (χ1v) is 5.01. The number of benzene rings is 1. The molecule has 2 heteroatoms. The first kappa shape index (κ1) is 11.3. The Kier molecular flexibility index (Phi) is 3.01. The van der Waals surface area contributed by atoms with Crippen LogP contribution in [0.4, 0.5) is 0 Å². The van der Waals surface area contributed by atoms with Crippen LogP contribution in [0.25, 0.3) is 0 Å². The number of aryl methyl sites for hydroxylation is 1. The van der Waals surface area contributed by atoms with Crippen molar-refractivity contribution >= 4 is 16.8 Å². The molecule has 76 valence electrons. The second-order valence-electron chi connectivity index (χ2n) is 4.55. The molecule has 0 saturated heterocycles. The van der Waals surface area contributed by atoms with Crippen LogP contribution in [0.3, 0.4) is 0 Å². The Bertz CT molecular complexity index is 361. The van der Waals surface area contributed by atoms with Gasteiger partial charge in [0.25, 0.3) is 5.24 Å². The molecule has 0 aliphatic rings. The van der Waals surface area contributed by atoms with Crippen LogP contribution in [-0.4, -0.2) is 5.24 Å². The second-order valence-corrected chi connectivity index (χ2v) is 4.90. The molecule has 0 heterocycles. The third-order valence-corrected chi connectivity index (χ3v) is 2.51. The van der Waals surface area contributed by atoms with Gasteiger partial charge in [-0.3, -0.25) is 4.79 Å². The molecule has 0 amide bonds. The fraction of sp³-hybridized carbons (Fsp3) is 0.417. The van der Waals surface area contributed by atoms with Crippen LogP contribution >= 0.6 is 11.6 Å². The van der Waals surface area contributed by atoms with E-state index in [2.05, 4.69) is 20.8 Å². The van der Waals surface area contributed by atoms with Gasteiger partial charge >= 0.3 is 0 Å². The summed E-state index contributed by atoms with van der Waals surface area (Å²) in [6, 6.07) is 5.78. The minimum Gasteiger partial charge on any atom is -0.276 e. The highest BCUT2D eigenvalue weighted by Gasteiger charge is 2.15. The Morgan fingerprint density at radius 1 is 1.29 bits per heavy atom. The number of carbonyl (C=O) groups is 1. The standard InChI is InChI=1S/C12H15ClO/c1-8-7-9(12(2,3)4)5-6-10(8)11(13)14/h5-7H,1-4H3. The van der Waals surface area contributed by atoms with E-state index in [1.807, 2.05) is 19.1 Å². The van der Waals surface area contributed by atoms with Crippen molar-refractivity contribution in [2.24, 2.45) is 0 Å². The lowest BCUT2D eigenvalue weighted by Crippen LogP contribution is -2.11. The van der Waals surface area contributed by atoms with Crippen molar-refractivity contribution in [3.05, 3.63) is 34.9 Å². The third-order valence-electron chi connectivity index (χ3n) is 2.30. The maximum Gasteiger partial charge on any atom is 0.252 e. The van der Waals surface area contributed by atoms with E-state index in [0.717, 1.165) is 5.56 Å². The van der Waals surface area contributed by atoms with Gasteiger partial charge < -0.3 is 0 Å². The summed E-state index contributed by atoms with van der Waals surface area (Å²) in [6.45, 7) is 8.34. The van der Waals surface area contributed by atoms with Gasteiger partial charge in [0, 0.05) is 5.56 Å². The Morgan fingerprint density at radius 3 is 2.21 bits per heavy atom. The molecule has 0 aromatic heterocycles. The molecular weight excluding hydrogens is 196 g/mol. The van der Waals surface area contributed by atoms with Crippen LogP contribution in [0.1, 0.15) is 42.3 Å². The quantitative estimate of drug-likeness (QED) is 0.647. The molecule has 0 bridgehead atoms. The van der Waals surface area contributed by atoms with Gasteiger partial charge in [-0.15, -0.1) is 0 Å². The predicted molar refractivity (Wildman–Crippen MR) is 60.1 cm³/mol. The average molecular weight is 211 g/mol. The van der Waals surface area contributed by atoms with Gasteiger partial charge in [0.05, 0.1) is 0 Å². The minimum absolute atomic E-state index is 0.110. The highest BCUT2D eigenvalue weighted by Crippen LogP contribution is 2.24. The van der Waals surface area contributed by atoms with Crippen LogP contribution < -0.4 is 0 Å². The molecule has 0 fully saturated rings. The van der Waals surface area contributed by atoms with Gasteiger partial charge in [-0.1, -0.05) is 32.9 Å². The second kappa shape index (κ2) is 3.74. The number of hydrogen-bond acceptors (Lipinski definition) is 1. The monoisotopic (exact) mass is 210 g/mol. The summed E-state index contributed by atoms with van der Waals surface area (Å²) in [4.78, 5) is 11.0. The largest absolute Gasteiger partial charge is 0.276 e. The minimum atomic E-state index is -0.386. The van der Waals surface area contributed by atoms with Crippen LogP contribution in [0.2, 0.25) is 0 Å². The van der Waals surface area contributed by atoms with E-state index in [9.17, 15) is 4.79 Å². The molecule has 0 saturated carbocycles. The normalized spacial score (nSPS) is 11.5. The van der Waals surface area contributed by atoms with E-state index < -0.39 is 0 Å². The maximum atomic E-state index is 11.0. The summed E-state index contributed by atoms with van der Waals surface area (Å²) in [7, 11) is 0. The summed E-state index contributed by atoms with van der Waals surface area (Å²) in [5.74, 6) is 0. The first-order valence-electron chi connectivity index (χ1n) is 4.63. The molecule has 0 aliphatic heterocycles. The van der Waals surface area contributed by atoms with Crippen LogP contribution in [-0.2, 0) is 5.41 Å². The Labute approximate surface area is 90.1 Å². The Morgan fingerprint density at radius 2 is 1.86 bits per heavy atom. The lowest BCUT2D eigenvalue weighted by Gasteiger charge is -2.20. The van der Waals surface area contributed by atoms with Crippen LogP contribution in [0.15, 0.2) is 18.2 Å². The Hall–Kier alpha value is -0.820. The predicted octanol–water partition coefficient (Wildman–Crippen LogP) is 3.67. The van der Waals surface area contributed by atoms with E-state index >= 15 is 0 Å². The van der Waals surface area contributed by atoms with Crippen LogP contribution in [0.5, 0.6) is 0 Å². The van der Waals surface area contributed by atoms with Crippen molar-refractivity contribution in [1.29, 1.82) is 0 Å². The van der Waals surface area contributed by atoms with Crippen molar-refractivity contribution < 1.29 is 4.79 Å². The number of halogens is 1. The number of carbonyl (C=O) groups excluding carboxylic acids is 1. The fourth-order valence-electron chi connectivity index (χ4n) is 1.35. The van der Waals surface area contributed by atoms with Crippen LogP contribution in [0, 0.1) is 6.92 Å². The van der Waals surface area contributed by atoms with Crippen molar-refractivity contribution in [2.45, 2.75) is 33.1 Å². The Balaban J connectivity index is 3.20. The molecule has 0 spiro atoms. The van der Waals surface area contributed by atoms with Gasteiger partial charge in [0.15, 0.2) is 0 Å². The average Bonchev–Trinajstić information content (AvgIpc) is 2.01. The number of hydrogen-bond donors (Lipinski definition) is 0. The van der Waals surface area contributed by atoms with Gasteiger partial charge in [0.1, 0.15) is 0 Å². The summed E-state index contributed by atoms with van der Waals surface area (Å²) in [5.41, 5.74) is 2.87. The summed E-state index contributed by atoms with van der Waals surface area (Å²) < 4.78 is 0. The fourth-order valence-corrected chi connectivity index (χ4v) is 1.56. The van der Waals surface area contributed by atoms with E-state index in [4.69, 9.17) is 11.6 Å². The molecule has 1 rings (SSSR count). The van der Waals surface area contributed by atoms with E-state index in [-0.39, 0.29) is 10.7 Å². The zero-order chi connectivity index (χ0) is 10.9. The summed E-state index contributed by atoms with van der Waals surface area (Å²) >= 11 is 5.44. The first-order chi connectivity index (χ1) is 6.32.